The minimum atomic E-state index is -0.452. The van der Waals surface area contributed by atoms with Crippen molar-refractivity contribution >= 4 is 35.4 Å². The van der Waals surface area contributed by atoms with Crippen LogP contribution in [0.1, 0.15) is 26.9 Å². The fourth-order valence-corrected chi connectivity index (χ4v) is 3.91. The first-order valence-corrected chi connectivity index (χ1v) is 8.64. The Labute approximate surface area is 149 Å². The lowest BCUT2D eigenvalue weighted by Gasteiger charge is -2.26. The van der Waals surface area contributed by atoms with Gasteiger partial charge in [-0.05, 0) is 41.5 Å². The Kier molecular flexibility index (Phi) is 4.90. The topological polar surface area (TPSA) is 46.6 Å². The molecule has 1 unspecified atom stereocenters. The van der Waals surface area contributed by atoms with Gasteiger partial charge in [0.2, 0.25) is 5.91 Å². The molecule has 0 radical (unpaired) electrons. The number of thioether (sulfide) groups is 1. The van der Waals surface area contributed by atoms with Crippen LogP contribution >= 0.6 is 11.8 Å². The van der Waals surface area contributed by atoms with Crippen LogP contribution < -0.4 is 4.90 Å². The number of amides is 1. The summed E-state index contributed by atoms with van der Waals surface area (Å²) in [6.45, 7) is 3.78. The third-order valence-corrected chi connectivity index (χ3v) is 5.16. The zero-order chi connectivity index (χ0) is 18.0. The summed E-state index contributed by atoms with van der Waals surface area (Å²) < 4.78 is 17.9. The number of methoxy groups -OCH3 is 1. The Morgan fingerprint density at radius 3 is 2.68 bits per heavy atom. The number of hydrogen-bond donors (Lipinski definition) is 0. The average molecular weight is 357 g/mol. The molecule has 1 amide bonds. The molecule has 25 heavy (non-hydrogen) atoms. The van der Waals surface area contributed by atoms with E-state index in [4.69, 9.17) is 4.74 Å². The van der Waals surface area contributed by atoms with Gasteiger partial charge in [0.1, 0.15) is 11.2 Å². The number of hydrogen-bond acceptors (Lipinski definition) is 4. The molecule has 2 aromatic carbocycles. The molecule has 3 rings (SSSR count). The van der Waals surface area contributed by atoms with Crippen LogP contribution in [-0.4, -0.2) is 24.7 Å². The van der Waals surface area contributed by atoms with E-state index in [1.165, 1.54) is 31.0 Å². The van der Waals surface area contributed by atoms with E-state index in [-0.39, 0.29) is 17.1 Å². The molecule has 0 spiro atoms. The van der Waals surface area contributed by atoms with Crippen molar-refractivity contribution in [2.45, 2.75) is 5.37 Å². The molecular weight excluding hydrogens is 341 g/mol. The monoisotopic (exact) mass is 357 g/mol. The number of halogens is 1. The van der Waals surface area contributed by atoms with Crippen molar-refractivity contribution in [2.24, 2.45) is 0 Å². The molecule has 1 heterocycles. The molecule has 0 aliphatic carbocycles. The lowest BCUT2D eigenvalue weighted by molar-refractivity contribution is -0.115. The third kappa shape index (κ3) is 3.30. The van der Waals surface area contributed by atoms with E-state index in [2.05, 4.69) is 6.58 Å². The Morgan fingerprint density at radius 1 is 1.32 bits per heavy atom. The number of carbonyl (C=O) groups excluding carboxylic acids is 2. The lowest BCUT2D eigenvalue weighted by atomic mass is 10.1. The summed E-state index contributed by atoms with van der Waals surface area (Å²) in [5.41, 5.74) is 2.54. The van der Waals surface area contributed by atoms with E-state index in [1.54, 1.807) is 41.3 Å². The lowest BCUT2D eigenvalue weighted by Crippen LogP contribution is -2.28. The molecule has 1 fully saturated rings. The van der Waals surface area contributed by atoms with Gasteiger partial charge in [-0.15, -0.1) is 11.8 Å². The number of benzene rings is 2. The van der Waals surface area contributed by atoms with Gasteiger partial charge in [-0.3, -0.25) is 9.69 Å². The Hall–Kier alpha value is -2.60. The summed E-state index contributed by atoms with van der Waals surface area (Å²) in [6, 6.07) is 11.1. The van der Waals surface area contributed by atoms with Gasteiger partial charge in [0.25, 0.3) is 0 Å². The van der Waals surface area contributed by atoms with Crippen LogP contribution in [0.25, 0.3) is 6.08 Å². The van der Waals surface area contributed by atoms with Crippen LogP contribution in [0.15, 0.2) is 49.0 Å². The third-order valence-electron chi connectivity index (χ3n) is 3.95. The van der Waals surface area contributed by atoms with Gasteiger partial charge >= 0.3 is 5.97 Å². The average Bonchev–Trinajstić information content (AvgIpc) is 3.02. The molecule has 0 bridgehead atoms. The van der Waals surface area contributed by atoms with Crippen molar-refractivity contribution in [2.75, 3.05) is 17.8 Å². The van der Waals surface area contributed by atoms with Crippen LogP contribution in [0.4, 0.5) is 10.1 Å². The minimum absolute atomic E-state index is 0.0479. The summed E-state index contributed by atoms with van der Waals surface area (Å²) >= 11 is 1.47. The molecule has 1 aliphatic rings. The van der Waals surface area contributed by atoms with Crippen molar-refractivity contribution in [3.63, 3.8) is 0 Å². The zero-order valence-electron chi connectivity index (χ0n) is 13.6. The maximum Gasteiger partial charge on any atom is 0.337 e. The molecule has 4 nitrogen and oxygen atoms in total. The Morgan fingerprint density at radius 2 is 2.04 bits per heavy atom. The van der Waals surface area contributed by atoms with Gasteiger partial charge in [0, 0.05) is 0 Å². The molecule has 0 aromatic heterocycles. The summed E-state index contributed by atoms with van der Waals surface area (Å²) in [4.78, 5) is 25.9. The van der Waals surface area contributed by atoms with E-state index >= 15 is 0 Å². The molecule has 2 aromatic rings. The maximum absolute atomic E-state index is 13.2. The largest absolute Gasteiger partial charge is 0.465 e. The Bertz CT molecular complexity index is 835. The molecule has 128 valence electrons. The van der Waals surface area contributed by atoms with E-state index in [1.807, 2.05) is 0 Å². The summed E-state index contributed by atoms with van der Waals surface area (Å²) in [5.74, 6) is -0.490. The highest BCUT2D eigenvalue weighted by molar-refractivity contribution is 8.00. The molecule has 0 N–H and O–H groups in total. The highest BCUT2D eigenvalue weighted by Crippen LogP contribution is 2.43. The predicted molar refractivity (Wildman–Crippen MR) is 97.0 cm³/mol. The molecule has 1 saturated heterocycles. The SMILES string of the molecule is C=Cc1cc(C(=O)OC)ccc1N1C(=O)CSC1c1ccc(F)cc1. The minimum Gasteiger partial charge on any atom is -0.465 e. The first-order valence-electron chi connectivity index (χ1n) is 7.59. The van der Waals surface area contributed by atoms with Crippen LogP contribution in [0.3, 0.4) is 0 Å². The van der Waals surface area contributed by atoms with Crippen LogP contribution in [0.5, 0.6) is 0 Å². The molecular formula is C19H16FNO3S. The van der Waals surface area contributed by atoms with E-state index < -0.39 is 5.97 Å². The van der Waals surface area contributed by atoms with E-state index in [0.29, 0.717) is 22.6 Å². The summed E-state index contributed by atoms with van der Waals surface area (Å²) in [6.07, 6.45) is 1.60. The van der Waals surface area contributed by atoms with Gasteiger partial charge < -0.3 is 4.74 Å². The second-order valence-corrected chi connectivity index (χ2v) is 6.52. The normalized spacial score (nSPS) is 16.8. The van der Waals surface area contributed by atoms with Gasteiger partial charge in [-0.1, -0.05) is 24.8 Å². The number of rotatable bonds is 4. The predicted octanol–water partition coefficient (Wildman–Crippen LogP) is 4.03. The summed E-state index contributed by atoms with van der Waals surface area (Å²) in [5, 5.41) is -0.254. The summed E-state index contributed by atoms with van der Waals surface area (Å²) in [7, 11) is 1.31. The van der Waals surface area contributed by atoms with Gasteiger partial charge in [0.05, 0.1) is 24.1 Å². The number of ether oxygens (including phenoxy) is 1. The second-order valence-electron chi connectivity index (χ2n) is 5.45. The van der Waals surface area contributed by atoms with Crippen LogP contribution in [0.2, 0.25) is 0 Å². The number of esters is 1. The van der Waals surface area contributed by atoms with Gasteiger partial charge in [-0.25, -0.2) is 9.18 Å². The van der Waals surface area contributed by atoms with Crippen LogP contribution in [0, 0.1) is 5.82 Å². The molecule has 6 heteroatoms. The Balaban J connectivity index is 2.03. The highest BCUT2D eigenvalue weighted by Gasteiger charge is 2.35. The molecule has 1 aliphatic heterocycles. The maximum atomic E-state index is 13.2. The van der Waals surface area contributed by atoms with Crippen molar-refractivity contribution in [3.8, 4) is 0 Å². The second kappa shape index (κ2) is 7.11. The van der Waals surface area contributed by atoms with Gasteiger partial charge in [0.15, 0.2) is 0 Å². The van der Waals surface area contributed by atoms with Crippen molar-refractivity contribution in [1.29, 1.82) is 0 Å². The van der Waals surface area contributed by atoms with E-state index in [0.717, 1.165) is 5.56 Å². The van der Waals surface area contributed by atoms with E-state index in [9.17, 15) is 14.0 Å². The first-order chi connectivity index (χ1) is 12.0. The quantitative estimate of drug-likeness (QED) is 0.775. The highest BCUT2D eigenvalue weighted by atomic mass is 32.2. The number of anilines is 1. The number of nitrogens with zero attached hydrogens (tertiary/aromatic N) is 1. The fourth-order valence-electron chi connectivity index (χ4n) is 2.74. The van der Waals surface area contributed by atoms with Crippen molar-refractivity contribution in [3.05, 3.63) is 71.6 Å². The fraction of sp³-hybridized carbons (Fsp3) is 0.158. The van der Waals surface area contributed by atoms with Crippen molar-refractivity contribution < 1.29 is 18.7 Å². The standard InChI is InChI=1S/C19H16FNO3S/c1-3-12-10-14(19(23)24-2)6-9-16(12)21-17(22)11-25-18(21)13-4-7-15(20)8-5-13/h3-10,18H,1,11H2,2H3. The first kappa shape index (κ1) is 17.2. The molecule has 0 saturated carbocycles. The van der Waals surface area contributed by atoms with Crippen LogP contribution in [-0.2, 0) is 9.53 Å². The zero-order valence-corrected chi connectivity index (χ0v) is 14.4. The van der Waals surface area contributed by atoms with Crippen molar-refractivity contribution in [1.82, 2.24) is 0 Å². The van der Waals surface area contributed by atoms with Gasteiger partial charge in [-0.2, -0.15) is 0 Å². The molecule has 1 atom stereocenters. The number of carbonyl (C=O) groups is 2. The smallest absolute Gasteiger partial charge is 0.337 e.